The van der Waals surface area contributed by atoms with Crippen LogP contribution in [0.5, 0.6) is 0 Å². The van der Waals surface area contributed by atoms with E-state index in [1.54, 1.807) is 24.3 Å². The van der Waals surface area contributed by atoms with E-state index in [0.717, 1.165) is 23.5 Å². The van der Waals surface area contributed by atoms with Gasteiger partial charge in [0.1, 0.15) is 12.1 Å². The summed E-state index contributed by atoms with van der Waals surface area (Å²) in [6, 6.07) is 14.6. The number of nitrogens with zero attached hydrogens (tertiary/aromatic N) is 4. The topological polar surface area (TPSA) is 89.4 Å². The number of anilines is 2. The van der Waals surface area contributed by atoms with Gasteiger partial charge in [0.2, 0.25) is 5.91 Å². The van der Waals surface area contributed by atoms with Crippen molar-refractivity contribution < 1.29 is 9.53 Å². The van der Waals surface area contributed by atoms with E-state index < -0.39 is 0 Å². The van der Waals surface area contributed by atoms with E-state index >= 15 is 0 Å². The number of morpholine rings is 1. The minimum atomic E-state index is -0.336. The average Bonchev–Trinajstić information content (AvgIpc) is 2.70. The zero-order valence-electron chi connectivity index (χ0n) is 16.4. The van der Waals surface area contributed by atoms with Crippen molar-refractivity contribution in [3.63, 3.8) is 0 Å². The number of benzene rings is 2. The molecule has 0 spiro atoms. The fourth-order valence-electron chi connectivity index (χ4n) is 3.61. The predicted octanol–water partition coefficient (Wildman–Crippen LogP) is 2.04. The molecule has 1 saturated heterocycles. The molecular weight excluding hydrogens is 370 g/mol. The van der Waals surface area contributed by atoms with Crippen molar-refractivity contribution >= 4 is 28.2 Å². The summed E-state index contributed by atoms with van der Waals surface area (Å²) in [6.45, 7) is 5.60. The normalized spacial score (nSPS) is 19.3. The maximum atomic E-state index is 12.5. The molecule has 1 N–H and O–H groups in total. The Hall–Kier alpha value is -3.26. The smallest absolute Gasteiger partial charge is 0.278 e. The van der Waals surface area contributed by atoms with Crippen molar-refractivity contribution in [3.05, 3.63) is 58.9 Å². The molecule has 2 heterocycles. The Kier molecular flexibility index (Phi) is 5.26. The number of hydrogen-bond acceptors (Lipinski definition) is 6. The van der Waals surface area contributed by atoms with Gasteiger partial charge in [-0.2, -0.15) is 0 Å². The molecule has 29 heavy (non-hydrogen) atoms. The van der Waals surface area contributed by atoms with E-state index in [1.807, 2.05) is 24.3 Å². The van der Waals surface area contributed by atoms with Crippen LogP contribution in [0.4, 0.5) is 11.4 Å². The van der Waals surface area contributed by atoms with Gasteiger partial charge in [-0.3, -0.25) is 9.59 Å². The van der Waals surface area contributed by atoms with Crippen LogP contribution >= 0.6 is 0 Å². The van der Waals surface area contributed by atoms with Gasteiger partial charge in [-0.05, 0) is 50.2 Å². The Morgan fingerprint density at radius 2 is 1.79 bits per heavy atom. The summed E-state index contributed by atoms with van der Waals surface area (Å²) < 4.78 is 6.84. The second-order valence-corrected chi connectivity index (χ2v) is 7.33. The Labute approximate surface area is 168 Å². The third-order valence-electron chi connectivity index (χ3n) is 4.86. The molecule has 0 saturated carbocycles. The van der Waals surface area contributed by atoms with Crippen LogP contribution < -0.4 is 15.8 Å². The largest absolute Gasteiger partial charge is 0.372 e. The molecule has 8 heteroatoms. The number of aromatic nitrogens is 3. The molecule has 2 aromatic carbocycles. The lowest BCUT2D eigenvalue weighted by Crippen LogP contribution is -2.45. The zero-order valence-corrected chi connectivity index (χ0v) is 16.4. The Bertz CT molecular complexity index is 1070. The number of carbonyl (C=O) groups is 1. The van der Waals surface area contributed by atoms with Crippen molar-refractivity contribution in [2.45, 2.75) is 32.6 Å². The zero-order chi connectivity index (χ0) is 20.4. The fraction of sp³-hybridized carbons (Fsp3) is 0.333. The summed E-state index contributed by atoms with van der Waals surface area (Å²) in [7, 11) is 0. The molecule has 1 aromatic heterocycles. The summed E-state index contributed by atoms with van der Waals surface area (Å²) in [4.78, 5) is 27.1. The lowest BCUT2D eigenvalue weighted by Gasteiger charge is -2.36. The highest BCUT2D eigenvalue weighted by Gasteiger charge is 2.22. The van der Waals surface area contributed by atoms with E-state index in [-0.39, 0.29) is 30.2 Å². The van der Waals surface area contributed by atoms with Gasteiger partial charge < -0.3 is 15.0 Å². The molecular formula is C21H23N5O3. The number of hydrogen-bond donors (Lipinski definition) is 1. The highest BCUT2D eigenvalue weighted by Crippen LogP contribution is 2.22. The molecule has 2 unspecified atom stereocenters. The van der Waals surface area contributed by atoms with E-state index in [1.165, 1.54) is 0 Å². The van der Waals surface area contributed by atoms with Gasteiger partial charge in [0.25, 0.3) is 5.56 Å². The van der Waals surface area contributed by atoms with Crippen LogP contribution in [0.1, 0.15) is 13.8 Å². The highest BCUT2D eigenvalue weighted by atomic mass is 16.5. The minimum Gasteiger partial charge on any atom is -0.372 e. The first-order valence-electron chi connectivity index (χ1n) is 9.62. The van der Waals surface area contributed by atoms with Crippen LogP contribution in [0.15, 0.2) is 53.3 Å². The molecule has 0 bridgehead atoms. The number of rotatable bonds is 4. The molecule has 0 aliphatic carbocycles. The Morgan fingerprint density at radius 3 is 2.52 bits per heavy atom. The van der Waals surface area contributed by atoms with E-state index in [0.29, 0.717) is 16.6 Å². The van der Waals surface area contributed by atoms with E-state index in [9.17, 15) is 9.59 Å². The maximum absolute atomic E-state index is 12.5. The molecule has 1 aliphatic rings. The van der Waals surface area contributed by atoms with Gasteiger partial charge in [0.15, 0.2) is 0 Å². The first kappa shape index (κ1) is 19.1. The summed E-state index contributed by atoms with van der Waals surface area (Å²) in [5, 5.41) is 11.1. The van der Waals surface area contributed by atoms with E-state index in [4.69, 9.17) is 4.74 Å². The second kappa shape index (κ2) is 8.00. The van der Waals surface area contributed by atoms with Crippen molar-refractivity contribution in [1.82, 2.24) is 15.0 Å². The molecule has 0 radical (unpaired) electrons. The summed E-state index contributed by atoms with van der Waals surface area (Å²) in [5.41, 5.74) is 1.92. The summed E-state index contributed by atoms with van der Waals surface area (Å²) >= 11 is 0. The number of amides is 1. The SMILES string of the molecule is CC1CN(c2ccc(NC(=O)Cn3nnc4ccccc4c3=O)cc2)CC(C)O1. The highest BCUT2D eigenvalue weighted by molar-refractivity contribution is 5.90. The van der Waals surface area contributed by atoms with Gasteiger partial charge in [0, 0.05) is 24.5 Å². The van der Waals surface area contributed by atoms with Crippen molar-refractivity contribution in [2.75, 3.05) is 23.3 Å². The molecule has 150 valence electrons. The molecule has 1 aliphatic heterocycles. The van der Waals surface area contributed by atoms with Crippen molar-refractivity contribution in [2.24, 2.45) is 0 Å². The van der Waals surface area contributed by atoms with Crippen LogP contribution in [0.2, 0.25) is 0 Å². The molecule has 2 atom stereocenters. The van der Waals surface area contributed by atoms with Crippen molar-refractivity contribution in [3.8, 4) is 0 Å². The summed E-state index contributed by atoms with van der Waals surface area (Å²) in [5.74, 6) is -0.335. The van der Waals surface area contributed by atoms with Gasteiger partial charge in [-0.1, -0.05) is 17.3 Å². The van der Waals surface area contributed by atoms with Crippen LogP contribution in [0.3, 0.4) is 0 Å². The molecule has 4 rings (SSSR count). The van der Waals surface area contributed by atoms with Crippen LogP contribution in [0, 0.1) is 0 Å². The molecule has 8 nitrogen and oxygen atoms in total. The third-order valence-corrected chi connectivity index (χ3v) is 4.86. The molecule has 3 aromatic rings. The second-order valence-electron chi connectivity index (χ2n) is 7.33. The average molecular weight is 393 g/mol. The molecule has 1 amide bonds. The van der Waals surface area contributed by atoms with Gasteiger partial charge in [-0.25, -0.2) is 4.68 Å². The number of nitrogens with one attached hydrogen (secondary N) is 1. The van der Waals surface area contributed by atoms with Crippen LogP contribution in [-0.4, -0.2) is 46.2 Å². The van der Waals surface area contributed by atoms with Crippen LogP contribution in [0.25, 0.3) is 10.9 Å². The standard InChI is InChI=1S/C21H23N5O3/c1-14-11-25(12-15(2)29-14)17-9-7-16(8-10-17)22-20(27)13-26-21(28)18-5-3-4-6-19(18)23-24-26/h3-10,14-15H,11-13H2,1-2H3,(H,22,27). The fourth-order valence-corrected chi connectivity index (χ4v) is 3.61. The number of fused-ring (bicyclic) bond motifs is 1. The lowest BCUT2D eigenvalue weighted by atomic mass is 10.2. The van der Waals surface area contributed by atoms with Gasteiger partial charge in [0.05, 0.1) is 17.6 Å². The predicted molar refractivity (Wildman–Crippen MR) is 111 cm³/mol. The maximum Gasteiger partial charge on any atom is 0.278 e. The molecule has 1 fully saturated rings. The third kappa shape index (κ3) is 4.27. The lowest BCUT2D eigenvalue weighted by molar-refractivity contribution is -0.117. The Morgan fingerprint density at radius 1 is 1.10 bits per heavy atom. The van der Waals surface area contributed by atoms with E-state index in [2.05, 4.69) is 34.4 Å². The number of ether oxygens (including phenoxy) is 1. The van der Waals surface area contributed by atoms with Gasteiger partial charge >= 0.3 is 0 Å². The van der Waals surface area contributed by atoms with Crippen LogP contribution in [-0.2, 0) is 16.1 Å². The monoisotopic (exact) mass is 393 g/mol. The quantitative estimate of drug-likeness (QED) is 0.730. The first-order chi connectivity index (χ1) is 14.0. The van der Waals surface area contributed by atoms with Gasteiger partial charge in [-0.15, -0.1) is 5.10 Å². The number of carbonyl (C=O) groups excluding carboxylic acids is 1. The van der Waals surface area contributed by atoms with Crippen molar-refractivity contribution in [1.29, 1.82) is 0 Å². The minimum absolute atomic E-state index is 0.180. The first-order valence-corrected chi connectivity index (χ1v) is 9.62. The summed E-state index contributed by atoms with van der Waals surface area (Å²) in [6.07, 6.45) is 0.360. The Balaban J connectivity index is 1.42.